The van der Waals surface area contributed by atoms with E-state index in [1.165, 1.54) is 334 Å². The second-order valence-electron chi connectivity index (χ2n) is 33.5. The van der Waals surface area contributed by atoms with Gasteiger partial charge >= 0.3 is 41.8 Å². The Morgan fingerprint density at radius 1 is 0.307 bits per heavy atom. The Kier molecular flexibility index (Phi) is 87.4. The highest BCUT2D eigenvalue weighted by atomic mass is 16.6. The Labute approximate surface area is 702 Å². The molecule has 3 fully saturated rings. The van der Waals surface area contributed by atoms with E-state index < -0.39 is 0 Å². The summed E-state index contributed by atoms with van der Waals surface area (Å²) in [6, 6.07) is 0. The highest BCUT2D eigenvalue weighted by Crippen LogP contribution is 2.25. The molecule has 14 heteroatoms. The molecule has 0 amide bonds. The molecule has 114 heavy (non-hydrogen) atoms. The van der Waals surface area contributed by atoms with Crippen LogP contribution in [-0.2, 0) is 66.7 Å². The zero-order valence-electron chi connectivity index (χ0n) is 76.4. The maximum atomic E-state index is 11.7. The fourth-order valence-electron chi connectivity index (χ4n) is 13.3. The summed E-state index contributed by atoms with van der Waals surface area (Å²) in [5.74, 6) is -0.144. The lowest BCUT2D eigenvalue weighted by atomic mass is 9.89. The number of esters is 7. The van der Waals surface area contributed by atoms with Crippen LogP contribution in [0.5, 0.6) is 0 Å². The third-order valence-electron chi connectivity index (χ3n) is 21.0. The van der Waals surface area contributed by atoms with Gasteiger partial charge in [0.05, 0.1) is 26.9 Å². The zero-order valence-corrected chi connectivity index (χ0v) is 76.4. The van der Waals surface area contributed by atoms with Crippen molar-refractivity contribution in [2.75, 3.05) is 26.9 Å². The first-order valence-electron chi connectivity index (χ1n) is 46.5. The van der Waals surface area contributed by atoms with E-state index >= 15 is 0 Å². The van der Waals surface area contributed by atoms with E-state index in [0.717, 1.165) is 57.8 Å². The Hall–Kier alpha value is -5.53. The van der Waals surface area contributed by atoms with Gasteiger partial charge in [0.1, 0.15) is 18.3 Å². The third kappa shape index (κ3) is 85.8. The van der Waals surface area contributed by atoms with Crippen molar-refractivity contribution in [1.29, 1.82) is 0 Å². The average Bonchev–Trinajstić information content (AvgIpc) is 1.01. The number of carbonyl (C=O) groups excluding carboxylic acids is 7. The van der Waals surface area contributed by atoms with Gasteiger partial charge in [-0.15, -0.1) is 0 Å². The number of carbonyl (C=O) groups is 7. The van der Waals surface area contributed by atoms with Crippen molar-refractivity contribution in [3.8, 4) is 0 Å². The smallest absolute Gasteiger partial charge is 0.333 e. The second kappa shape index (κ2) is 86.8. The number of hydrogen-bond donors (Lipinski definition) is 0. The number of unbranched alkanes of at least 4 members (excludes halogenated alkanes) is 18. The van der Waals surface area contributed by atoms with Crippen LogP contribution in [0, 0.1) is 17.8 Å². The topological polar surface area (TPSA) is 184 Å². The van der Waals surface area contributed by atoms with Crippen LogP contribution in [0.2, 0.25) is 0 Å². The Morgan fingerprint density at radius 2 is 0.553 bits per heavy atom. The van der Waals surface area contributed by atoms with Gasteiger partial charge in [-0.3, -0.25) is 0 Å². The fraction of sp³-hybridized carbons (Fsp3) is 0.790. The van der Waals surface area contributed by atoms with Gasteiger partial charge in [-0.25, -0.2) is 33.6 Å². The predicted octanol–water partition coefficient (Wildman–Crippen LogP) is 29.3. The van der Waals surface area contributed by atoms with E-state index in [9.17, 15) is 33.6 Å². The summed E-state index contributed by atoms with van der Waals surface area (Å²) in [7, 11) is 1.33. The predicted molar refractivity (Wildman–Crippen MR) is 481 cm³/mol. The average molecular weight is 1610 g/mol. The van der Waals surface area contributed by atoms with Crippen molar-refractivity contribution in [1.82, 2.24) is 0 Å². The highest BCUT2D eigenvalue weighted by Gasteiger charge is 2.20. The van der Waals surface area contributed by atoms with Crippen molar-refractivity contribution >= 4 is 41.8 Å². The Morgan fingerprint density at radius 3 is 0.789 bits per heavy atom. The van der Waals surface area contributed by atoms with Crippen LogP contribution in [0.4, 0.5) is 0 Å². The molecule has 1 atom stereocenters. The Bertz CT molecular complexity index is 2380. The van der Waals surface area contributed by atoms with Crippen molar-refractivity contribution in [3.05, 3.63) is 86.1 Å². The lowest BCUT2D eigenvalue weighted by molar-refractivity contribution is -0.145. The summed E-state index contributed by atoms with van der Waals surface area (Å²) in [6.45, 7) is 47.9. The molecule has 664 valence electrons. The monoisotopic (exact) mass is 1610 g/mol. The normalized spacial score (nSPS) is 15.7. The quantitative estimate of drug-likeness (QED) is 0.0246. The molecule has 0 aromatic heterocycles. The largest absolute Gasteiger partial charge is 0.466 e. The van der Waals surface area contributed by atoms with Crippen LogP contribution in [0.15, 0.2) is 86.1 Å². The van der Waals surface area contributed by atoms with Crippen molar-refractivity contribution in [2.24, 2.45) is 17.8 Å². The molecule has 14 nitrogen and oxygen atoms in total. The van der Waals surface area contributed by atoms with Gasteiger partial charge in [0.25, 0.3) is 0 Å². The molecule has 0 saturated heterocycles. The summed E-state index contributed by atoms with van der Waals surface area (Å²) in [4.78, 5) is 77.8. The fourth-order valence-corrected chi connectivity index (χ4v) is 13.3. The maximum absolute atomic E-state index is 11.7. The molecule has 0 aliphatic heterocycles. The first kappa shape index (κ1) is 115. The molecule has 0 aromatic carbocycles. The number of methoxy groups -OCH3 is 1. The van der Waals surface area contributed by atoms with Crippen LogP contribution in [-0.4, -0.2) is 87.0 Å². The molecule has 0 N–H and O–H groups in total. The van der Waals surface area contributed by atoms with Crippen LogP contribution in [0.3, 0.4) is 0 Å². The van der Waals surface area contributed by atoms with Crippen LogP contribution in [0.1, 0.15) is 449 Å². The number of rotatable bonds is 38. The van der Waals surface area contributed by atoms with Crippen LogP contribution < -0.4 is 0 Å². The van der Waals surface area contributed by atoms with Gasteiger partial charge in [-0.2, -0.15) is 0 Å². The molecular formula is C100H180O14. The molecule has 3 aliphatic carbocycles. The maximum Gasteiger partial charge on any atom is 0.333 e. The van der Waals surface area contributed by atoms with Gasteiger partial charge in [-0.1, -0.05) is 364 Å². The molecule has 0 spiro atoms. The summed E-state index contributed by atoms with van der Waals surface area (Å²) in [5.41, 5.74) is 2.43. The molecule has 0 heterocycles. The molecule has 3 rings (SSSR count). The molecule has 1 unspecified atom stereocenters. The van der Waals surface area contributed by atoms with Gasteiger partial charge < -0.3 is 33.2 Å². The molecule has 3 saturated carbocycles. The summed E-state index contributed by atoms with van der Waals surface area (Å²) in [6.07, 6.45) is 76.7. The Balaban J connectivity index is -0.000000627. The van der Waals surface area contributed by atoms with Crippen molar-refractivity contribution in [3.63, 3.8) is 0 Å². The summed E-state index contributed by atoms with van der Waals surface area (Å²) < 4.78 is 35.9. The van der Waals surface area contributed by atoms with Crippen molar-refractivity contribution in [2.45, 2.75) is 467 Å². The number of ether oxygens (including phenoxy) is 7. The minimum atomic E-state index is -0.347. The van der Waals surface area contributed by atoms with E-state index in [1.807, 2.05) is 0 Å². The molecule has 3 aliphatic rings. The van der Waals surface area contributed by atoms with E-state index in [2.05, 4.69) is 92.3 Å². The molecule has 0 radical (unpaired) electrons. The minimum Gasteiger partial charge on any atom is -0.466 e. The summed E-state index contributed by atoms with van der Waals surface area (Å²) >= 11 is 0. The lowest BCUT2D eigenvalue weighted by Gasteiger charge is -2.21. The van der Waals surface area contributed by atoms with E-state index in [0.29, 0.717) is 65.4 Å². The van der Waals surface area contributed by atoms with E-state index in [4.69, 9.17) is 28.4 Å². The molecule has 0 bridgehead atoms. The van der Waals surface area contributed by atoms with Crippen LogP contribution in [0.25, 0.3) is 0 Å². The number of hydrogen-bond acceptors (Lipinski definition) is 14. The van der Waals surface area contributed by atoms with Gasteiger partial charge in [0.2, 0.25) is 0 Å². The lowest BCUT2D eigenvalue weighted by Crippen LogP contribution is -2.19. The second-order valence-corrected chi connectivity index (χ2v) is 33.5. The van der Waals surface area contributed by atoms with E-state index in [1.54, 1.807) is 34.6 Å². The van der Waals surface area contributed by atoms with Crippen molar-refractivity contribution < 1.29 is 66.7 Å². The first-order valence-corrected chi connectivity index (χ1v) is 46.5. The first-order chi connectivity index (χ1) is 54.7. The third-order valence-corrected chi connectivity index (χ3v) is 21.0. The van der Waals surface area contributed by atoms with Gasteiger partial charge in [-0.05, 0) is 149 Å². The standard InChI is InChI=1S/C19H34O2.C16H28O2.C16H30O2.C15H26O2.C15H28O2.C14H26O2.C5H8O2/c1-17(2)19(20)21-18-15-13-11-9-7-5-3-4-6-8-10-12-14-16-18;1-14(2)16(17)18-15-12-10-8-6-4-3-5-7-9-11-13-15;1-4-5-6-7-8-9-10-11-12-13-14-18-16(17)15(2)3;1-2-15(16)17-14-12-10-8-6-4-3-5-7-9-11-13-14;1-3-5-6-7-8-9-10-11-12-13-14-17-15(16)4-2;1-10(2)7-8-13(11(3)4)9-16-14(15)12(5)6;1-4(2)5(6)7-3/h18H,1,3-16H2,2H3;15H,1,3-13H2,2H3;2,4-14H2,1,3H3;2,14H,1,3-13H2;4H,2-3,5-14H2,1H3;10-11,13H,5,7-9H2,1-4,6H3;1H2,2-3H3. The SMILES string of the molecule is C=C(C)C(=O)OC.C=C(C)C(=O)OC1CCCCCCCCCCC1.C=C(C)C(=O)OC1CCCCCCCCCCCCCC1.C=C(C)C(=O)OCC(CCC(C)C)C(C)C.C=C(C)C(=O)OCCCCCCCCCCCC.C=CC(=O)OC1CCCCCCCCCCC1.C=CC(=O)OCCCCCCCCCCCC. The van der Waals surface area contributed by atoms with Crippen LogP contribution >= 0.6 is 0 Å². The summed E-state index contributed by atoms with van der Waals surface area (Å²) in [5, 5.41) is 0. The molecule has 0 aromatic rings. The molecular weight excluding hydrogens is 1430 g/mol. The highest BCUT2D eigenvalue weighted by molar-refractivity contribution is 5.88. The van der Waals surface area contributed by atoms with Gasteiger partial charge in [0.15, 0.2) is 0 Å². The zero-order chi connectivity index (χ0) is 85.9. The minimum absolute atomic E-state index is 0.110. The van der Waals surface area contributed by atoms with Gasteiger partial charge in [0, 0.05) is 40.0 Å². The van der Waals surface area contributed by atoms with E-state index in [-0.39, 0.29) is 60.1 Å².